The maximum Gasteiger partial charge on any atom is 0.261 e. The molecule has 1 aromatic heterocycles. The first-order valence-electron chi connectivity index (χ1n) is 5.77. The van der Waals surface area contributed by atoms with Crippen molar-refractivity contribution in [1.29, 1.82) is 0 Å². The number of nitrogens with one attached hydrogen (secondary N) is 1. The Labute approximate surface area is 144 Å². The molecule has 1 heterocycles. The monoisotopic (exact) mass is 450 g/mol. The van der Waals surface area contributed by atoms with Crippen molar-refractivity contribution < 1.29 is 8.42 Å². The number of fused-ring (bicyclic) bond motifs is 1. The van der Waals surface area contributed by atoms with E-state index in [1.165, 1.54) is 11.3 Å². The lowest BCUT2D eigenvalue weighted by atomic mass is 10.3. The van der Waals surface area contributed by atoms with E-state index in [2.05, 4.69) is 9.71 Å². The highest BCUT2D eigenvalue weighted by molar-refractivity contribution is 14.1. The first kappa shape index (κ1) is 15.0. The second-order valence-electron chi connectivity index (χ2n) is 4.21. The first-order chi connectivity index (χ1) is 9.95. The molecule has 21 heavy (non-hydrogen) atoms. The van der Waals surface area contributed by atoms with Crippen LogP contribution in [-0.2, 0) is 10.0 Å². The molecular formula is C13H8ClIN2O2S2. The van der Waals surface area contributed by atoms with Crippen molar-refractivity contribution in [3.05, 3.63) is 50.5 Å². The summed E-state index contributed by atoms with van der Waals surface area (Å²) in [4.78, 5) is 4.35. The van der Waals surface area contributed by atoms with E-state index in [4.69, 9.17) is 11.6 Å². The van der Waals surface area contributed by atoms with E-state index < -0.39 is 10.0 Å². The number of hydrogen-bond donors (Lipinski definition) is 1. The van der Waals surface area contributed by atoms with Gasteiger partial charge in [-0.1, -0.05) is 11.6 Å². The van der Waals surface area contributed by atoms with E-state index in [0.717, 1.165) is 13.8 Å². The molecule has 2 aromatic carbocycles. The van der Waals surface area contributed by atoms with Crippen molar-refractivity contribution in [3.63, 3.8) is 0 Å². The summed E-state index contributed by atoms with van der Waals surface area (Å²) < 4.78 is 29.0. The second-order valence-corrected chi connectivity index (χ2v) is 8.38. The van der Waals surface area contributed by atoms with Gasteiger partial charge in [0.15, 0.2) is 0 Å². The zero-order valence-corrected chi connectivity index (χ0v) is 14.9. The first-order valence-corrected chi connectivity index (χ1v) is 9.59. The fourth-order valence-electron chi connectivity index (χ4n) is 1.78. The van der Waals surface area contributed by atoms with Crippen LogP contribution in [0.2, 0.25) is 5.02 Å². The fraction of sp³-hybridized carbons (Fsp3) is 0. The summed E-state index contributed by atoms with van der Waals surface area (Å²) in [6, 6.07) is 9.87. The van der Waals surface area contributed by atoms with Gasteiger partial charge in [-0.15, -0.1) is 11.3 Å². The highest BCUT2D eigenvalue weighted by atomic mass is 127. The Bertz CT molecular complexity index is 925. The van der Waals surface area contributed by atoms with Gasteiger partial charge < -0.3 is 0 Å². The summed E-state index contributed by atoms with van der Waals surface area (Å²) in [7, 11) is -3.64. The predicted molar refractivity (Wildman–Crippen MR) is 94.6 cm³/mol. The third-order valence-corrected chi connectivity index (χ3v) is 6.07. The van der Waals surface area contributed by atoms with Gasteiger partial charge in [-0.05, 0) is 59.0 Å². The zero-order chi connectivity index (χ0) is 15.0. The van der Waals surface area contributed by atoms with Gasteiger partial charge in [-0.3, -0.25) is 4.72 Å². The molecule has 0 fully saturated rings. The van der Waals surface area contributed by atoms with Crippen LogP contribution in [0.1, 0.15) is 0 Å². The van der Waals surface area contributed by atoms with Crippen molar-refractivity contribution in [1.82, 2.24) is 4.98 Å². The number of sulfonamides is 1. The quantitative estimate of drug-likeness (QED) is 0.603. The van der Waals surface area contributed by atoms with Gasteiger partial charge in [-0.2, -0.15) is 0 Å². The standard InChI is InChI=1S/C13H8ClIN2O2S2/c14-8-1-3-11(10(15)5-8)17-21(18,19)9-2-4-12-13(6-9)20-7-16-12/h1-7,17H. The highest BCUT2D eigenvalue weighted by Gasteiger charge is 2.16. The largest absolute Gasteiger partial charge is 0.279 e. The van der Waals surface area contributed by atoms with Crippen LogP contribution >= 0.6 is 45.5 Å². The molecule has 0 saturated heterocycles. The normalized spacial score (nSPS) is 11.7. The molecule has 108 valence electrons. The Morgan fingerprint density at radius 1 is 1.19 bits per heavy atom. The minimum Gasteiger partial charge on any atom is -0.279 e. The molecule has 8 heteroatoms. The van der Waals surface area contributed by atoms with E-state index in [1.807, 2.05) is 22.6 Å². The predicted octanol–water partition coefficient (Wildman–Crippen LogP) is 4.36. The third-order valence-electron chi connectivity index (χ3n) is 2.79. The van der Waals surface area contributed by atoms with Crippen LogP contribution in [0.4, 0.5) is 5.69 Å². The van der Waals surface area contributed by atoms with Crippen molar-refractivity contribution in [2.75, 3.05) is 4.72 Å². The van der Waals surface area contributed by atoms with Crippen molar-refractivity contribution in [2.45, 2.75) is 4.90 Å². The van der Waals surface area contributed by atoms with Gasteiger partial charge in [0.2, 0.25) is 0 Å². The van der Waals surface area contributed by atoms with Gasteiger partial charge in [0.05, 0.1) is 26.3 Å². The molecule has 0 aliphatic rings. The smallest absolute Gasteiger partial charge is 0.261 e. The minimum atomic E-state index is -3.64. The molecule has 0 unspecified atom stereocenters. The average Bonchev–Trinajstić information content (AvgIpc) is 2.89. The fourth-order valence-corrected chi connectivity index (χ4v) is 4.86. The number of hydrogen-bond acceptors (Lipinski definition) is 4. The number of thiazole rings is 1. The van der Waals surface area contributed by atoms with Crippen LogP contribution in [0.25, 0.3) is 10.2 Å². The lowest BCUT2D eigenvalue weighted by Gasteiger charge is -2.10. The van der Waals surface area contributed by atoms with Gasteiger partial charge >= 0.3 is 0 Å². The summed E-state index contributed by atoms with van der Waals surface area (Å²) in [6.07, 6.45) is 0. The number of anilines is 1. The third kappa shape index (κ3) is 3.15. The molecule has 0 saturated carbocycles. The number of aromatic nitrogens is 1. The Morgan fingerprint density at radius 2 is 2.00 bits per heavy atom. The van der Waals surface area contributed by atoms with Gasteiger partial charge in [0.25, 0.3) is 10.0 Å². The van der Waals surface area contributed by atoms with Crippen molar-refractivity contribution >= 4 is 71.5 Å². The van der Waals surface area contributed by atoms with Crippen molar-refractivity contribution in [2.24, 2.45) is 0 Å². The molecular weight excluding hydrogens is 443 g/mol. The number of rotatable bonds is 3. The van der Waals surface area contributed by atoms with Crippen molar-refractivity contribution in [3.8, 4) is 0 Å². The second kappa shape index (κ2) is 5.71. The van der Waals surface area contributed by atoms with Gasteiger partial charge in [0.1, 0.15) is 0 Å². The maximum absolute atomic E-state index is 12.4. The number of halogens is 2. The molecule has 0 radical (unpaired) electrons. The van der Waals surface area contributed by atoms with Gasteiger partial charge in [-0.25, -0.2) is 13.4 Å². The summed E-state index contributed by atoms with van der Waals surface area (Å²) >= 11 is 9.32. The molecule has 1 N–H and O–H groups in total. The molecule has 0 atom stereocenters. The van der Waals surface area contributed by atoms with E-state index in [9.17, 15) is 8.42 Å². The molecule has 3 rings (SSSR count). The molecule has 3 aromatic rings. The van der Waals surface area contributed by atoms with E-state index >= 15 is 0 Å². The van der Waals surface area contributed by atoms with E-state index in [0.29, 0.717) is 10.7 Å². The Hall–Kier alpha value is -0.900. The van der Waals surface area contributed by atoms with Crippen LogP contribution < -0.4 is 4.72 Å². The Balaban J connectivity index is 1.99. The lowest BCUT2D eigenvalue weighted by molar-refractivity contribution is 0.601. The van der Waals surface area contributed by atoms with Crippen LogP contribution in [0.5, 0.6) is 0 Å². The SMILES string of the molecule is O=S(=O)(Nc1ccc(Cl)cc1I)c1ccc2ncsc2c1. The van der Waals surface area contributed by atoms with Gasteiger partial charge in [0, 0.05) is 8.59 Å². The Morgan fingerprint density at radius 3 is 2.76 bits per heavy atom. The molecule has 4 nitrogen and oxygen atoms in total. The minimum absolute atomic E-state index is 0.213. The summed E-state index contributed by atoms with van der Waals surface area (Å²) in [5.41, 5.74) is 2.99. The number of nitrogens with zero attached hydrogens (tertiary/aromatic N) is 1. The Kier molecular flexibility index (Phi) is 4.08. The maximum atomic E-state index is 12.4. The molecule has 0 spiro atoms. The van der Waals surface area contributed by atoms with Crippen LogP contribution in [0.15, 0.2) is 46.8 Å². The molecule has 0 aliphatic heterocycles. The molecule has 0 bridgehead atoms. The molecule has 0 amide bonds. The van der Waals surface area contributed by atoms with Crippen LogP contribution in [0.3, 0.4) is 0 Å². The lowest BCUT2D eigenvalue weighted by Crippen LogP contribution is -2.13. The molecule has 0 aliphatic carbocycles. The highest BCUT2D eigenvalue weighted by Crippen LogP contribution is 2.27. The van der Waals surface area contributed by atoms with Crippen LogP contribution in [0, 0.1) is 3.57 Å². The van der Waals surface area contributed by atoms with E-state index in [1.54, 1.807) is 41.9 Å². The number of benzene rings is 2. The summed E-state index contributed by atoms with van der Waals surface area (Å²) in [5, 5.41) is 0.563. The summed E-state index contributed by atoms with van der Waals surface area (Å²) in [6.45, 7) is 0. The van der Waals surface area contributed by atoms with E-state index in [-0.39, 0.29) is 4.90 Å². The topological polar surface area (TPSA) is 59.1 Å². The average molecular weight is 451 g/mol. The van der Waals surface area contributed by atoms with Crippen LogP contribution in [-0.4, -0.2) is 13.4 Å². The zero-order valence-electron chi connectivity index (χ0n) is 10.4. The summed E-state index contributed by atoms with van der Waals surface area (Å²) in [5.74, 6) is 0.